The molecule has 0 aromatic rings. The van der Waals surface area contributed by atoms with E-state index in [0.717, 1.165) is 0 Å². The number of rotatable bonds is 6. The Balaban J connectivity index is 4.70. The second-order valence-electron chi connectivity index (χ2n) is 5.42. The lowest BCUT2D eigenvalue weighted by Gasteiger charge is -2.25. The molecule has 0 aliphatic heterocycles. The summed E-state index contributed by atoms with van der Waals surface area (Å²) in [5, 5.41) is 8.71. The van der Waals surface area contributed by atoms with Crippen molar-refractivity contribution in [3.8, 4) is 0 Å². The van der Waals surface area contributed by atoms with Crippen molar-refractivity contribution >= 4 is 16.2 Å². The van der Waals surface area contributed by atoms with E-state index >= 15 is 0 Å². The summed E-state index contributed by atoms with van der Waals surface area (Å²) >= 11 is 0. The summed E-state index contributed by atoms with van der Waals surface area (Å²) < 4.78 is 28.2. The molecule has 0 aliphatic rings. The SMILES string of the molecule is CC(C)C(CC(=O)O)NS(=O)(=O)NC(C)(C)C. The highest BCUT2D eigenvalue weighted by molar-refractivity contribution is 7.87. The van der Waals surface area contributed by atoms with Crippen LogP contribution in [0.25, 0.3) is 0 Å². The largest absolute Gasteiger partial charge is 0.481 e. The van der Waals surface area contributed by atoms with Crippen LogP contribution in [0.3, 0.4) is 0 Å². The van der Waals surface area contributed by atoms with Crippen LogP contribution in [0.4, 0.5) is 0 Å². The molecule has 6 nitrogen and oxygen atoms in total. The van der Waals surface area contributed by atoms with Crippen molar-refractivity contribution in [2.24, 2.45) is 5.92 Å². The number of carboxylic acids is 1. The highest BCUT2D eigenvalue weighted by Gasteiger charge is 2.26. The predicted molar refractivity (Wildman–Crippen MR) is 65.8 cm³/mol. The van der Waals surface area contributed by atoms with Crippen LogP contribution >= 0.6 is 0 Å². The van der Waals surface area contributed by atoms with Crippen LogP contribution in [-0.4, -0.2) is 31.1 Å². The number of nitrogens with one attached hydrogen (secondary N) is 2. The minimum absolute atomic E-state index is 0.0948. The summed E-state index contributed by atoms with van der Waals surface area (Å²) in [6.45, 7) is 8.69. The minimum atomic E-state index is -3.69. The maximum Gasteiger partial charge on any atom is 0.304 e. The van der Waals surface area contributed by atoms with E-state index in [0.29, 0.717) is 0 Å². The third kappa shape index (κ3) is 8.12. The van der Waals surface area contributed by atoms with Gasteiger partial charge in [0.05, 0.1) is 6.42 Å². The first-order chi connectivity index (χ1) is 7.43. The van der Waals surface area contributed by atoms with Crippen molar-refractivity contribution < 1.29 is 18.3 Å². The number of hydrogen-bond donors (Lipinski definition) is 3. The third-order valence-corrected chi connectivity index (χ3v) is 3.44. The van der Waals surface area contributed by atoms with Gasteiger partial charge in [-0.1, -0.05) is 13.8 Å². The van der Waals surface area contributed by atoms with Gasteiger partial charge in [-0.25, -0.2) is 0 Å². The van der Waals surface area contributed by atoms with E-state index < -0.39 is 27.8 Å². The van der Waals surface area contributed by atoms with Gasteiger partial charge in [-0.2, -0.15) is 17.9 Å². The standard InChI is InChI=1S/C10H22N2O4S/c1-7(2)8(6-9(13)14)11-17(15,16)12-10(3,4)5/h7-8,11-12H,6H2,1-5H3,(H,13,14). The van der Waals surface area contributed by atoms with Gasteiger partial charge < -0.3 is 5.11 Å². The van der Waals surface area contributed by atoms with Crippen molar-refractivity contribution in [1.29, 1.82) is 0 Å². The summed E-state index contributed by atoms with van der Waals surface area (Å²) in [6, 6.07) is -0.618. The molecule has 0 aromatic heterocycles. The van der Waals surface area contributed by atoms with Gasteiger partial charge in [-0.15, -0.1) is 0 Å². The molecule has 0 amide bonds. The predicted octanol–water partition coefficient (Wildman–Crippen LogP) is 0.708. The van der Waals surface area contributed by atoms with Gasteiger partial charge in [0.25, 0.3) is 10.2 Å². The number of aliphatic carboxylic acids is 1. The Morgan fingerprint density at radius 1 is 1.29 bits per heavy atom. The zero-order valence-electron chi connectivity index (χ0n) is 10.9. The Labute approximate surface area is 103 Å². The number of hydrogen-bond acceptors (Lipinski definition) is 3. The summed E-state index contributed by atoms with van der Waals surface area (Å²) in [5.41, 5.74) is -0.601. The highest BCUT2D eigenvalue weighted by atomic mass is 32.2. The van der Waals surface area contributed by atoms with Crippen molar-refractivity contribution in [1.82, 2.24) is 9.44 Å². The monoisotopic (exact) mass is 266 g/mol. The van der Waals surface area contributed by atoms with Gasteiger partial charge in [-0.05, 0) is 26.7 Å². The zero-order chi connectivity index (χ0) is 13.9. The minimum Gasteiger partial charge on any atom is -0.481 e. The van der Waals surface area contributed by atoms with Gasteiger partial charge in [0.2, 0.25) is 0 Å². The van der Waals surface area contributed by atoms with Gasteiger partial charge in [-0.3, -0.25) is 4.79 Å². The van der Waals surface area contributed by atoms with E-state index in [1.807, 2.05) is 0 Å². The van der Waals surface area contributed by atoms with Gasteiger partial charge in [0.15, 0.2) is 0 Å². The fraction of sp³-hybridized carbons (Fsp3) is 0.900. The molecule has 0 fully saturated rings. The normalized spacial score (nSPS) is 14.9. The molecule has 0 rings (SSSR count). The first-order valence-electron chi connectivity index (χ1n) is 5.46. The summed E-state index contributed by atoms with van der Waals surface area (Å²) in [6.07, 6.45) is -0.233. The molecular weight excluding hydrogens is 244 g/mol. The van der Waals surface area contributed by atoms with Gasteiger partial charge in [0, 0.05) is 11.6 Å². The van der Waals surface area contributed by atoms with Crippen molar-refractivity contribution in [3.63, 3.8) is 0 Å². The summed E-state index contributed by atoms with van der Waals surface area (Å²) in [4.78, 5) is 10.6. The van der Waals surface area contributed by atoms with Crippen LogP contribution in [0.1, 0.15) is 41.0 Å². The molecule has 102 valence electrons. The summed E-state index contributed by atoms with van der Waals surface area (Å²) in [7, 11) is -3.69. The number of carboxylic acid groups (broad SMARTS) is 1. The average molecular weight is 266 g/mol. The maximum atomic E-state index is 11.7. The lowest BCUT2D eigenvalue weighted by molar-refractivity contribution is -0.137. The van der Waals surface area contributed by atoms with Crippen LogP contribution < -0.4 is 9.44 Å². The van der Waals surface area contributed by atoms with Gasteiger partial charge >= 0.3 is 5.97 Å². The van der Waals surface area contributed by atoms with E-state index in [4.69, 9.17) is 5.11 Å². The Bertz CT molecular complexity index is 357. The lowest BCUT2D eigenvalue weighted by Crippen LogP contribution is -2.51. The zero-order valence-corrected chi connectivity index (χ0v) is 11.8. The lowest BCUT2D eigenvalue weighted by atomic mass is 10.0. The molecule has 7 heteroatoms. The third-order valence-electron chi connectivity index (χ3n) is 1.95. The van der Waals surface area contributed by atoms with Crippen LogP contribution in [0.15, 0.2) is 0 Å². The van der Waals surface area contributed by atoms with E-state index in [-0.39, 0.29) is 12.3 Å². The van der Waals surface area contributed by atoms with Crippen LogP contribution in [0.2, 0.25) is 0 Å². The molecule has 0 heterocycles. The maximum absolute atomic E-state index is 11.7. The Morgan fingerprint density at radius 2 is 1.76 bits per heavy atom. The topological polar surface area (TPSA) is 95.5 Å². The molecular formula is C10H22N2O4S. The van der Waals surface area contributed by atoms with Crippen LogP contribution in [0.5, 0.6) is 0 Å². The van der Waals surface area contributed by atoms with Crippen LogP contribution in [0, 0.1) is 5.92 Å². The first-order valence-corrected chi connectivity index (χ1v) is 6.94. The second-order valence-corrected chi connectivity index (χ2v) is 6.87. The molecule has 0 spiro atoms. The van der Waals surface area contributed by atoms with Crippen LogP contribution in [-0.2, 0) is 15.0 Å². The fourth-order valence-electron chi connectivity index (χ4n) is 1.23. The molecule has 0 radical (unpaired) electrons. The Morgan fingerprint density at radius 3 is 2.06 bits per heavy atom. The van der Waals surface area contributed by atoms with Gasteiger partial charge in [0.1, 0.15) is 0 Å². The molecule has 1 unspecified atom stereocenters. The molecule has 17 heavy (non-hydrogen) atoms. The molecule has 0 bridgehead atoms. The molecule has 0 saturated carbocycles. The molecule has 1 atom stereocenters. The average Bonchev–Trinajstić information content (AvgIpc) is 1.95. The fourth-order valence-corrected chi connectivity index (χ4v) is 2.85. The van der Waals surface area contributed by atoms with E-state index in [2.05, 4.69) is 9.44 Å². The first kappa shape index (κ1) is 16.3. The Kier molecular flexibility index (Phi) is 5.57. The smallest absolute Gasteiger partial charge is 0.304 e. The highest BCUT2D eigenvalue weighted by Crippen LogP contribution is 2.09. The van der Waals surface area contributed by atoms with E-state index in [1.165, 1.54) is 0 Å². The quantitative estimate of drug-likeness (QED) is 0.659. The molecule has 0 saturated heterocycles. The van der Waals surface area contributed by atoms with Crippen molar-refractivity contribution in [2.75, 3.05) is 0 Å². The van der Waals surface area contributed by atoms with Crippen molar-refractivity contribution in [2.45, 2.75) is 52.6 Å². The number of carbonyl (C=O) groups is 1. The molecule has 3 N–H and O–H groups in total. The molecule has 0 aliphatic carbocycles. The summed E-state index contributed by atoms with van der Waals surface area (Å²) in [5.74, 6) is -1.12. The van der Waals surface area contributed by atoms with E-state index in [1.54, 1.807) is 34.6 Å². The Hall–Kier alpha value is -0.660. The second kappa shape index (κ2) is 5.79. The molecule has 0 aromatic carbocycles. The van der Waals surface area contributed by atoms with Crippen molar-refractivity contribution in [3.05, 3.63) is 0 Å². The van der Waals surface area contributed by atoms with E-state index in [9.17, 15) is 13.2 Å².